The van der Waals surface area contributed by atoms with E-state index in [1.807, 2.05) is 12.1 Å². The Morgan fingerprint density at radius 1 is 1.44 bits per heavy atom. The molecule has 1 fully saturated rings. The smallest absolute Gasteiger partial charge is 0.237 e. The molecule has 0 aromatic heterocycles. The lowest BCUT2D eigenvalue weighted by atomic mass is 10.1. The predicted molar refractivity (Wildman–Crippen MR) is 71.3 cm³/mol. The van der Waals surface area contributed by atoms with Gasteiger partial charge in [-0.15, -0.1) is 12.4 Å². The number of carbonyl (C=O) groups is 1. The zero-order valence-electron chi connectivity index (χ0n) is 9.98. The van der Waals surface area contributed by atoms with Crippen LogP contribution < -0.4 is 10.6 Å². The second-order valence-electron chi connectivity index (χ2n) is 4.18. The van der Waals surface area contributed by atoms with Gasteiger partial charge >= 0.3 is 0 Å². The summed E-state index contributed by atoms with van der Waals surface area (Å²) in [5.74, 6) is 0.0619. The third kappa shape index (κ3) is 3.73. The molecule has 96 valence electrons. The maximum atomic E-state index is 11.7. The molecule has 1 saturated heterocycles. The van der Waals surface area contributed by atoms with Crippen LogP contribution in [0.15, 0.2) is 24.3 Å². The molecule has 1 atom stereocenters. The molecule has 0 saturated carbocycles. The minimum Gasteiger partial charge on any atom is -0.351 e. The molecule has 0 aliphatic carbocycles. The van der Waals surface area contributed by atoms with Gasteiger partial charge in [0.05, 0.1) is 17.7 Å². The van der Waals surface area contributed by atoms with Crippen LogP contribution in [0.5, 0.6) is 0 Å². The molecule has 0 radical (unpaired) electrons. The van der Waals surface area contributed by atoms with Crippen LogP contribution in [0.25, 0.3) is 0 Å². The third-order valence-electron chi connectivity index (χ3n) is 2.93. The molecule has 1 aliphatic rings. The van der Waals surface area contributed by atoms with Crippen LogP contribution >= 0.6 is 12.4 Å². The molecule has 1 aromatic carbocycles. The average Bonchev–Trinajstić information content (AvgIpc) is 2.90. The topological polar surface area (TPSA) is 64.9 Å². The summed E-state index contributed by atoms with van der Waals surface area (Å²) >= 11 is 0. The summed E-state index contributed by atoms with van der Waals surface area (Å²) in [5, 5.41) is 14.7. The molecule has 0 spiro atoms. The summed E-state index contributed by atoms with van der Waals surface area (Å²) in [6.45, 7) is 1.44. The van der Waals surface area contributed by atoms with Crippen LogP contribution in [0.1, 0.15) is 24.0 Å². The Kier molecular flexibility index (Phi) is 5.63. The number of nitriles is 1. The molecule has 5 heteroatoms. The average molecular weight is 266 g/mol. The maximum Gasteiger partial charge on any atom is 0.237 e. The van der Waals surface area contributed by atoms with E-state index in [2.05, 4.69) is 16.7 Å². The Balaban J connectivity index is 0.00000162. The van der Waals surface area contributed by atoms with Crippen molar-refractivity contribution >= 4 is 18.3 Å². The van der Waals surface area contributed by atoms with Crippen molar-refractivity contribution in [3.05, 3.63) is 35.4 Å². The minimum atomic E-state index is -0.0339. The van der Waals surface area contributed by atoms with Crippen LogP contribution in [0, 0.1) is 11.3 Å². The summed E-state index contributed by atoms with van der Waals surface area (Å²) in [5.41, 5.74) is 1.65. The fourth-order valence-corrected chi connectivity index (χ4v) is 1.92. The van der Waals surface area contributed by atoms with Crippen LogP contribution in [0.4, 0.5) is 0 Å². The largest absolute Gasteiger partial charge is 0.351 e. The van der Waals surface area contributed by atoms with Crippen molar-refractivity contribution in [2.75, 3.05) is 6.54 Å². The SMILES string of the molecule is Cl.N#Cc1ccc(CNC(=O)C2CCCN2)cc1. The van der Waals surface area contributed by atoms with Crippen molar-refractivity contribution < 1.29 is 4.79 Å². The van der Waals surface area contributed by atoms with Gasteiger partial charge in [-0.25, -0.2) is 0 Å². The molecule has 18 heavy (non-hydrogen) atoms. The van der Waals surface area contributed by atoms with Gasteiger partial charge in [0.2, 0.25) is 5.91 Å². The van der Waals surface area contributed by atoms with E-state index in [-0.39, 0.29) is 24.4 Å². The molecule has 1 unspecified atom stereocenters. The van der Waals surface area contributed by atoms with Crippen LogP contribution in [0.3, 0.4) is 0 Å². The summed E-state index contributed by atoms with van der Waals surface area (Å²) in [6.07, 6.45) is 1.98. The van der Waals surface area contributed by atoms with Gasteiger partial charge in [-0.05, 0) is 37.1 Å². The molecule has 1 heterocycles. The second kappa shape index (κ2) is 7.00. The van der Waals surface area contributed by atoms with E-state index in [1.165, 1.54) is 0 Å². The Labute approximate surface area is 113 Å². The van der Waals surface area contributed by atoms with E-state index < -0.39 is 0 Å². The number of hydrogen-bond donors (Lipinski definition) is 2. The van der Waals surface area contributed by atoms with E-state index in [0.717, 1.165) is 24.9 Å². The van der Waals surface area contributed by atoms with Crippen LogP contribution in [0.2, 0.25) is 0 Å². The first-order valence-corrected chi connectivity index (χ1v) is 5.80. The number of halogens is 1. The fraction of sp³-hybridized carbons (Fsp3) is 0.385. The molecular weight excluding hydrogens is 250 g/mol. The molecule has 0 bridgehead atoms. The second-order valence-corrected chi connectivity index (χ2v) is 4.18. The Morgan fingerprint density at radius 3 is 2.72 bits per heavy atom. The zero-order valence-corrected chi connectivity index (χ0v) is 10.8. The minimum absolute atomic E-state index is 0. The van der Waals surface area contributed by atoms with E-state index in [9.17, 15) is 4.79 Å². The van der Waals surface area contributed by atoms with Crippen LogP contribution in [-0.2, 0) is 11.3 Å². The van der Waals surface area contributed by atoms with E-state index in [4.69, 9.17) is 5.26 Å². The standard InChI is InChI=1S/C13H15N3O.ClH/c14-8-10-3-5-11(6-4-10)9-16-13(17)12-2-1-7-15-12;/h3-6,12,15H,1-2,7,9H2,(H,16,17);1H. The van der Waals surface area contributed by atoms with E-state index in [1.54, 1.807) is 12.1 Å². The summed E-state index contributed by atoms with van der Waals surface area (Å²) in [6, 6.07) is 9.28. The van der Waals surface area contributed by atoms with Gasteiger partial charge in [0.1, 0.15) is 0 Å². The number of benzene rings is 1. The van der Waals surface area contributed by atoms with Crippen molar-refractivity contribution in [1.82, 2.24) is 10.6 Å². The zero-order chi connectivity index (χ0) is 12.1. The summed E-state index contributed by atoms with van der Waals surface area (Å²) in [4.78, 5) is 11.7. The first-order valence-electron chi connectivity index (χ1n) is 5.80. The molecule has 2 N–H and O–H groups in total. The number of nitrogens with zero attached hydrogens (tertiary/aromatic N) is 1. The molecule has 2 rings (SSSR count). The lowest BCUT2D eigenvalue weighted by molar-refractivity contribution is -0.122. The maximum absolute atomic E-state index is 11.7. The number of amides is 1. The lowest BCUT2D eigenvalue weighted by Crippen LogP contribution is -2.39. The summed E-state index contributed by atoms with van der Waals surface area (Å²) in [7, 11) is 0. The highest BCUT2D eigenvalue weighted by atomic mass is 35.5. The van der Waals surface area contributed by atoms with E-state index in [0.29, 0.717) is 12.1 Å². The Morgan fingerprint density at radius 2 is 2.17 bits per heavy atom. The normalized spacial score (nSPS) is 17.6. The molecule has 1 amide bonds. The fourth-order valence-electron chi connectivity index (χ4n) is 1.92. The highest BCUT2D eigenvalue weighted by molar-refractivity contribution is 5.85. The van der Waals surface area contributed by atoms with Gasteiger partial charge in [-0.1, -0.05) is 12.1 Å². The Hall–Kier alpha value is -1.57. The van der Waals surface area contributed by atoms with Crippen LogP contribution in [-0.4, -0.2) is 18.5 Å². The lowest BCUT2D eigenvalue weighted by Gasteiger charge is -2.10. The number of nitrogens with one attached hydrogen (secondary N) is 2. The highest BCUT2D eigenvalue weighted by Gasteiger charge is 2.21. The van der Waals surface area contributed by atoms with Gasteiger partial charge in [-0.2, -0.15) is 5.26 Å². The highest BCUT2D eigenvalue weighted by Crippen LogP contribution is 2.06. The Bertz CT molecular complexity index is 433. The van der Waals surface area contributed by atoms with Gasteiger partial charge < -0.3 is 10.6 Å². The van der Waals surface area contributed by atoms with Crippen molar-refractivity contribution in [1.29, 1.82) is 5.26 Å². The predicted octanol–water partition coefficient (Wildman–Crippen LogP) is 1.35. The molecule has 4 nitrogen and oxygen atoms in total. The first-order chi connectivity index (χ1) is 8.29. The van der Waals surface area contributed by atoms with Gasteiger partial charge in [0, 0.05) is 6.54 Å². The van der Waals surface area contributed by atoms with Crippen molar-refractivity contribution in [2.45, 2.75) is 25.4 Å². The molecular formula is C13H16ClN3O. The van der Waals surface area contributed by atoms with E-state index >= 15 is 0 Å². The quantitative estimate of drug-likeness (QED) is 0.867. The van der Waals surface area contributed by atoms with Crippen molar-refractivity contribution in [3.8, 4) is 6.07 Å². The number of hydrogen-bond acceptors (Lipinski definition) is 3. The third-order valence-corrected chi connectivity index (χ3v) is 2.93. The summed E-state index contributed by atoms with van der Waals surface area (Å²) < 4.78 is 0. The van der Waals surface area contributed by atoms with Gasteiger partial charge in [-0.3, -0.25) is 4.79 Å². The van der Waals surface area contributed by atoms with Gasteiger partial charge in [0.15, 0.2) is 0 Å². The molecule has 1 aromatic rings. The number of carbonyl (C=O) groups excluding carboxylic acids is 1. The van der Waals surface area contributed by atoms with Gasteiger partial charge in [0.25, 0.3) is 0 Å². The van der Waals surface area contributed by atoms with Crippen molar-refractivity contribution in [2.24, 2.45) is 0 Å². The molecule has 1 aliphatic heterocycles. The first kappa shape index (κ1) is 14.5. The monoisotopic (exact) mass is 265 g/mol. The number of rotatable bonds is 3. The van der Waals surface area contributed by atoms with Crippen molar-refractivity contribution in [3.63, 3.8) is 0 Å².